The van der Waals surface area contributed by atoms with Crippen LogP contribution in [-0.2, 0) is 23.0 Å². The van der Waals surface area contributed by atoms with Crippen molar-refractivity contribution < 1.29 is 13.2 Å². The highest BCUT2D eigenvalue weighted by Crippen LogP contribution is 2.24. The SMILES string of the molecule is CCc1ccccc1OC1CN(Cc2ccc(S(=O)(=O)NC)cc2)C1. The molecule has 0 saturated carbocycles. The maximum atomic E-state index is 11.7. The molecule has 5 nitrogen and oxygen atoms in total. The molecule has 2 aromatic rings. The molecule has 1 aliphatic heterocycles. The van der Waals surface area contributed by atoms with Crippen molar-refractivity contribution in [3.05, 3.63) is 59.7 Å². The van der Waals surface area contributed by atoms with Crippen molar-refractivity contribution in [2.24, 2.45) is 0 Å². The van der Waals surface area contributed by atoms with Gasteiger partial charge in [-0.25, -0.2) is 13.1 Å². The van der Waals surface area contributed by atoms with E-state index in [9.17, 15) is 8.42 Å². The molecule has 0 unspecified atom stereocenters. The Morgan fingerprint density at radius 1 is 1.12 bits per heavy atom. The normalized spacial score (nSPS) is 15.8. The lowest BCUT2D eigenvalue weighted by Gasteiger charge is -2.39. The molecule has 0 atom stereocenters. The number of ether oxygens (including phenoxy) is 1. The second-order valence-electron chi connectivity index (χ2n) is 6.25. The van der Waals surface area contributed by atoms with Crippen LogP contribution in [0, 0.1) is 0 Å². The highest BCUT2D eigenvalue weighted by molar-refractivity contribution is 7.89. The lowest BCUT2D eigenvalue weighted by Crippen LogP contribution is -2.53. The topological polar surface area (TPSA) is 58.6 Å². The monoisotopic (exact) mass is 360 g/mol. The van der Waals surface area contributed by atoms with Gasteiger partial charge in [-0.1, -0.05) is 37.3 Å². The molecule has 25 heavy (non-hydrogen) atoms. The minimum Gasteiger partial charge on any atom is -0.487 e. The van der Waals surface area contributed by atoms with Gasteiger partial charge in [0.2, 0.25) is 10.0 Å². The Bertz CT molecular complexity index is 813. The Morgan fingerprint density at radius 2 is 1.80 bits per heavy atom. The van der Waals surface area contributed by atoms with E-state index in [1.165, 1.54) is 12.6 Å². The molecular weight excluding hydrogens is 336 g/mol. The fraction of sp³-hybridized carbons (Fsp3) is 0.368. The first-order chi connectivity index (χ1) is 12.0. The fourth-order valence-electron chi connectivity index (χ4n) is 2.97. The van der Waals surface area contributed by atoms with Crippen LogP contribution in [0.1, 0.15) is 18.1 Å². The van der Waals surface area contributed by atoms with E-state index in [2.05, 4.69) is 22.6 Å². The van der Waals surface area contributed by atoms with Gasteiger partial charge in [-0.05, 0) is 42.8 Å². The Kier molecular flexibility index (Phi) is 5.42. The minimum absolute atomic E-state index is 0.219. The van der Waals surface area contributed by atoms with Crippen molar-refractivity contribution in [1.29, 1.82) is 0 Å². The lowest BCUT2D eigenvalue weighted by atomic mass is 10.1. The molecular formula is C19H24N2O3S. The van der Waals surface area contributed by atoms with Crippen molar-refractivity contribution in [2.75, 3.05) is 20.1 Å². The van der Waals surface area contributed by atoms with Gasteiger partial charge in [-0.2, -0.15) is 0 Å². The summed E-state index contributed by atoms with van der Waals surface area (Å²) in [6.07, 6.45) is 1.19. The number of aryl methyl sites for hydroxylation is 1. The molecule has 6 heteroatoms. The van der Waals surface area contributed by atoms with Gasteiger partial charge in [0.25, 0.3) is 0 Å². The molecule has 0 aliphatic carbocycles. The molecule has 0 bridgehead atoms. The summed E-state index contributed by atoms with van der Waals surface area (Å²) in [5.41, 5.74) is 2.34. The first kappa shape index (κ1) is 17.9. The summed E-state index contributed by atoms with van der Waals surface area (Å²) < 4.78 is 31.9. The predicted molar refractivity (Wildman–Crippen MR) is 98.2 cm³/mol. The first-order valence-electron chi connectivity index (χ1n) is 8.51. The lowest BCUT2D eigenvalue weighted by molar-refractivity contribution is 0.0140. The third kappa shape index (κ3) is 4.21. The fourth-order valence-corrected chi connectivity index (χ4v) is 3.70. The van der Waals surface area contributed by atoms with Crippen LogP contribution in [0.2, 0.25) is 0 Å². The number of nitrogens with one attached hydrogen (secondary N) is 1. The molecule has 1 saturated heterocycles. The van der Waals surface area contributed by atoms with E-state index >= 15 is 0 Å². The summed E-state index contributed by atoms with van der Waals surface area (Å²) in [5.74, 6) is 0.983. The maximum absolute atomic E-state index is 11.7. The highest BCUT2D eigenvalue weighted by Gasteiger charge is 2.28. The van der Waals surface area contributed by atoms with Crippen molar-refractivity contribution in [3.8, 4) is 5.75 Å². The number of likely N-dealkylation sites (tertiary alicyclic amines) is 1. The van der Waals surface area contributed by atoms with Crippen LogP contribution in [0.15, 0.2) is 53.4 Å². The first-order valence-corrected chi connectivity index (χ1v) is 9.99. The summed E-state index contributed by atoms with van der Waals surface area (Å²) in [6, 6.07) is 15.2. The Labute approximate surface area is 149 Å². The number of sulfonamides is 1. The van der Waals surface area contributed by atoms with Gasteiger partial charge in [-0.15, -0.1) is 0 Å². The number of benzene rings is 2. The summed E-state index contributed by atoms with van der Waals surface area (Å²) >= 11 is 0. The van der Waals surface area contributed by atoms with E-state index in [0.29, 0.717) is 4.90 Å². The van der Waals surface area contributed by atoms with Gasteiger partial charge in [-0.3, -0.25) is 4.90 Å². The molecule has 3 rings (SSSR count). The van der Waals surface area contributed by atoms with Gasteiger partial charge in [0.05, 0.1) is 4.90 Å². The zero-order valence-electron chi connectivity index (χ0n) is 14.6. The van der Waals surface area contributed by atoms with E-state index in [1.807, 2.05) is 30.3 Å². The molecule has 1 fully saturated rings. The molecule has 1 N–H and O–H groups in total. The van der Waals surface area contributed by atoms with Crippen molar-refractivity contribution in [1.82, 2.24) is 9.62 Å². The van der Waals surface area contributed by atoms with Crippen LogP contribution in [0.4, 0.5) is 0 Å². The quantitative estimate of drug-likeness (QED) is 0.824. The third-order valence-corrected chi connectivity index (χ3v) is 5.91. The largest absolute Gasteiger partial charge is 0.487 e. The van der Waals surface area contributed by atoms with Crippen molar-refractivity contribution >= 4 is 10.0 Å². The van der Waals surface area contributed by atoms with Gasteiger partial charge in [0.1, 0.15) is 11.9 Å². The van der Waals surface area contributed by atoms with Crippen molar-refractivity contribution in [2.45, 2.75) is 30.9 Å². The van der Waals surface area contributed by atoms with Crippen molar-refractivity contribution in [3.63, 3.8) is 0 Å². The van der Waals surface area contributed by atoms with E-state index in [4.69, 9.17) is 4.74 Å². The third-order valence-electron chi connectivity index (χ3n) is 4.48. The summed E-state index contributed by atoms with van der Waals surface area (Å²) in [5, 5.41) is 0. The zero-order chi connectivity index (χ0) is 17.9. The predicted octanol–water partition coefficient (Wildman–Crippen LogP) is 2.42. The Balaban J connectivity index is 1.52. The number of hydrogen-bond acceptors (Lipinski definition) is 4. The van der Waals surface area contributed by atoms with Crippen LogP contribution in [0.25, 0.3) is 0 Å². The average molecular weight is 360 g/mol. The summed E-state index contributed by atoms with van der Waals surface area (Å²) in [7, 11) is -1.95. The van der Waals surface area contributed by atoms with E-state index < -0.39 is 10.0 Å². The molecule has 134 valence electrons. The van der Waals surface area contributed by atoms with E-state index in [1.54, 1.807) is 12.1 Å². The number of nitrogens with zero attached hydrogens (tertiary/aromatic N) is 1. The highest BCUT2D eigenvalue weighted by atomic mass is 32.2. The maximum Gasteiger partial charge on any atom is 0.240 e. The van der Waals surface area contributed by atoms with E-state index in [0.717, 1.165) is 37.4 Å². The van der Waals surface area contributed by atoms with Crippen LogP contribution < -0.4 is 9.46 Å². The van der Waals surface area contributed by atoms with E-state index in [-0.39, 0.29) is 6.10 Å². The second-order valence-corrected chi connectivity index (χ2v) is 8.13. The molecule has 2 aromatic carbocycles. The molecule has 0 radical (unpaired) electrons. The van der Waals surface area contributed by atoms with Crippen LogP contribution in [0.5, 0.6) is 5.75 Å². The van der Waals surface area contributed by atoms with Crippen LogP contribution in [-0.4, -0.2) is 39.6 Å². The number of para-hydroxylation sites is 1. The number of rotatable bonds is 7. The van der Waals surface area contributed by atoms with Gasteiger partial charge in [0, 0.05) is 19.6 Å². The Morgan fingerprint density at radius 3 is 2.44 bits per heavy atom. The molecule has 1 heterocycles. The minimum atomic E-state index is -3.37. The average Bonchev–Trinajstić information content (AvgIpc) is 2.60. The number of hydrogen-bond donors (Lipinski definition) is 1. The smallest absolute Gasteiger partial charge is 0.240 e. The second kappa shape index (κ2) is 7.56. The van der Waals surface area contributed by atoms with Gasteiger partial charge >= 0.3 is 0 Å². The summed E-state index contributed by atoms with van der Waals surface area (Å²) in [4.78, 5) is 2.58. The van der Waals surface area contributed by atoms with Crippen LogP contribution >= 0.6 is 0 Å². The molecule has 0 aromatic heterocycles. The molecule has 0 amide bonds. The molecule has 0 spiro atoms. The molecule has 1 aliphatic rings. The zero-order valence-corrected chi connectivity index (χ0v) is 15.4. The summed E-state index contributed by atoms with van der Waals surface area (Å²) in [6.45, 7) is 4.70. The standard InChI is InChI=1S/C19H24N2O3S/c1-3-16-6-4-5-7-19(16)24-17-13-21(14-17)12-15-8-10-18(11-9-15)25(22,23)20-2/h4-11,17,20H,3,12-14H2,1-2H3. The van der Waals surface area contributed by atoms with Crippen LogP contribution in [0.3, 0.4) is 0 Å². The van der Waals surface area contributed by atoms with Gasteiger partial charge < -0.3 is 4.74 Å². The van der Waals surface area contributed by atoms with Gasteiger partial charge in [0.15, 0.2) is 0 Å². The Hall–Kier alpha value is -1.89.